The highest BCUT2D eigenvalue weighted by molar-refractivity contribution is 6.17. The normalized spacial score (nSPS) is 11.4. The third kappa shape index (κ3) is 3.55. The van der Waals surface area contributed by atoms with E-state index >= 15 is 0 Å². The molecule has 0 saturated heterocycles. The number of hydrogen-bond donors (Lipinski definition) is 1. The molecule has 8 heteroatoms. The number of halogens is 1. The van der Waals surface area contributed by atoms with Gasteiger partial charge in [-0.15, -0.1) is 0 Å². The molecule has 0 aliphatic carbocycles. The van der Waals surface area contributed by atoms with Crippen molar-refractivity contribution < 1.29 is 23.6 Å². The Morgan fingerprint density at radius 3 is 2.69 bits per heavy atom. The average molecular weight is 355 g/mol. The molecule has 3 aromatic rings. The van der Waals surface area contributed by atoms with E-state index in [0.29, 0.717) is 29.7 Å². The Labute approximate surface area is 150 Å². The smallest absolute Gasteiger partial charge is 0.524 e. The molecule has 0 aliphatic rings. The van der Waals surface area contributed by atoms with Crippen molar-refractivity contribution in [1.29, 1.82) is 0 Å². The summed E-state index contributed by atoms with van der Waals surface area (Å²) in [6.07, 6.45) is 2.37. The zero-order valence-electron chi connectivity index (χ0n) is 14.6. The van der Waals surface area contributed by atoms with Crippen molar-refractivity contribution in [2.45, 2.75) is 26.4 Å². The SMILES string of the molecule is CC(C)(C)OC(=O)n1c(O[B]O)cc2c(-c3cccc(F)c3)cncc21. The number of hydrogen-bond acceptors (Lipinski definition) is 5. The van der Waals surface area contributed by atoms with Crippen LogP contribution in [0.2, 0.25) is 0 Å². The Morgan fingerprint density at radius 1 is 1.27 bits per heavy atom. The van der Waals surface area contributed by atoms with Gasteiger partial charge in [0.1, 0.15) is 11.4 Å². The number of rotatable bonds is 3. The minimum atomic E-state index is -0.721. The summed E-state index contributed by atoms with van der Waals surface area (Å²) in [5.41, 5.74) is 0.913. The number of carbonyl (C=O) groups excluding carboxylic acids is 1. The molecular formula is C18H17BFN2O4. The zero-order chi connectivity index (χ0) is 18.9. The minimum absolute atomic E-state index is 0.0578. The lowest BCUT2D eigenvalue weighted by molar-refractivity contribution is 0.0537. The van der Waals surface area contributed by atoms with Crippen molar-refractivity contribution in [2.75, 3.05) is 0 Å². The minimum Gasteiger partial charge on any atom is -0.524 e. The topological polar surface area (TPSA) is 73.6 Å². The second-order valence-corrected chi connectivity index (χ2v) is 6.65. The summed E-state index contributed by atoms with van der Waals surface area (Å²) in [6, 6.07) is 7.61. The Kier molecular flexibility index (Phi) is 4.69. The van der Waals surface area contributed by atoms with Gasteiger partial charge in [0.05, 0.1) is 11.7 Å². The third-order valence-corrected chi connectivity index (χ3v) is 3.58. The van der Waals surface area contributed by atoms with Crippen LogP contribution in [0.3, 0.4) is 0 Å². The molecule has 3 rings (SSSR count). The van der Waals surface area contributed by atoms with Gasteiger partial charge in [-0.05, 0) is 38.5 Å². The van der Waals surface area contributed by atoms with Gasteiger partial charge < -0.3 is 14.4 Å². The van der Waals surface area contributed by atoms with Gasteiger partial charge in [0, 0.05) is 23.2 Å². The number of nitrogens with zero attached hydrogens (tertiary/aromatic N) is 2. The van der Waals surface area contributed by atoms with Gasteiger partial charge in [0.25, 0.3) is 0 Å². The molecular weight excluding hydrogens is 338 g/mol. The predicted octanol–water partition coefficient (Wildman–Crippen LogP) is 3.53. The molecule has 0 unspecified atom stereocenters. The van der Waals surface area contributed by atoms with Gasteiger partial charge in [-0.25, -0.2) is 13.8 Å². The maximum atomic E-state index is 13.6. The molecule has 1 radical (unpaired) electrons. The predicted molar refractivity (Wildman–Crippen MR) is 95.4 cm³/mol. The fraction of sp³-hybridized carbons (Fsp3) is 0.222. The van der Waals surface area contributed by atoms with Gasteiger partial charge in [0.15, 0.2) is 5.88 Å². The van der Waals surface area contributed by atoms with Crippen LogP contribution in [-0.2, 0) is 4.74 Å². The van der Waals surface area contributed by atoms with Crippen LogP contribution in [0.15, 0.2) is 42.7 Å². The van der Waals surface area contributed by atoms with Crippen LogP contribution in [0, 0.1) is 5.82 Å². The number of benzene rings is 1. The summed E-state index contributed by atoms with van der Waals surface area (Å²) >= 11 is 0. The van der Waals surface area contributed by atoms with Crippen LogP contribution >= 0.6 is 0 Å². The Morgan fingerprint density at radius 2 is 2.04 bits per heavy atom. The highest BCUT2D eigenvalue weighted by Crippen LogP contribution is 2.34. The van der Waals surface area contributed by atoms with E-state index in [4.69, 9.17) is 14.4 Å². The van der Waals surface area contributed by atoms with Crippen molar-refractivity contribution in [3.05, 3.63) is 48.5 Å². The van der Waals surface area contributed by atoms with Gasteiger partial charge >= 0.3 is 13.8 Å². The molecule has 6 nitrogen and oxygen atoms in total. The molecule has 0 atom stereocenters. The molecule has 0 saturated carbocycles. The maximum absolute atomic E-state index is 13.6. The summed E-state index contributed by atoms with van der Waals surface area (Å²) in [4.78, 5) is 16.8. The third-order valence-electron chi connectivity index (χ3n) is 3.58. The monoisotopic (exact) mass is 355 g/mol. The van der Waals surface area contributed by atoms with Crippen molar-refractivity contribution in [2.24, 2.45) is 0 Å². The fourth-order valence-corrected chi connectivity index (χ4v) is 2.62. The first-order valence-electron chi connectivity index (χ1n) is 7.91. The van der Waals surface area contributed by atoms with Gasteiger partial charge in [-0.2, -0.15) is 0 Å². The molecule has 0 amide bonds. The summed E-state index contributed by atoms with van der Waals surface area (Å²) in [5, 5.41) is 9.63. The van der Waals surface area contributed by atoms with E-state index < -0.39 is 11.7 Å². The van der Waals surface area contributed by atoms with Crippen LogP contribution < -0.4 is 4.65 Å². The molecule has 2 aromatic heterocycles. The van der Waals surface area contributed by atoms with Crippen LogP contribution in [0.1, 0.15) is 20.8 Å². The first kappa shape index (κ1) is 17.9. The van der Waals surface area contributed by atoms with Crippen molar-refractivity contribution in [1.82, 2.24) is 9.55 Å². The number of ether oxygens (including phenoxy) is 1. The largest absolute Gasteiger partial charge is 0.570 e. The Hall–Kier alpha value is -2.87. The Bertz CT molecular complexity index is 965. The van der Waals surface area contributed by atoms with E-state index in [2.05, 4.69) is 4.98 Å². The molecule has 0 aliphatic heterocycles. The molecule has 133 valence electrons. The van der Waals surface area contributed by atoms with Crippen LogP contribution in [0.25, 0.3) is 22.0 Å². The van der Waals surface area contributed by atoms with E-state index in [1.165, 1.54) is 22.9 Å². The summed E-state index contributed by atoms with van der Waals surface area (Å²) in [5.74, 6) is -0.325. The number of fused-ring (bicyclic) bond motifs is 1. The summed E-state index contributed by atoms with van der Waals surface area (Å²) in [7, 11) is 0.477. The van der Waals surface area contributed by atoms with E-state index in [0.717, 1.165) is 0 Å². The van der Waals surface area contributed by atoms with Crippen molar-refractivity contribution >= 4 is 24.7 Å². The van der Waals surface area contributed by atoms with E-state index in [1.807, 2.05) is 0 Å². The van der Waals surface area contributed by atoms with Crippen LogP contribution in [0.4, 0.5) is 9.18 Å². The molecule has 26 heavy (non-hydrogen) atoms. The van der Waals surface area contributed by atoms with Gasteiger partial charge in [0.2, 0.25) is 0 Å². The van der Waals surface area contributed by atoms with E-state index in [9.17, 15) is 9.18 Å². The fourth-order valence-electron chi connectivity index (χ4n) is 2.62. The first-order valence-corrected chi connectivity index (χ1v) is 7.91. The lowest BCUT2D eigenvalue weighted by Gasteiger charge is -2.20. The highest BCUT2D eigenvalue weighted by Gasteiger charge is 2.24. The van der Waals surface area contributed by atoms with Gasteiger partial charge in [-0.1, -0.05) is 12.1 Å². The molecule has 1 aromatic carbocycles. The van der Waals surface area contributed by atoms with Crippen LogP contribution in [-0.4, -0.2) is 34.0 Å². The summed E-state index contributed by atoms with van der Waals surface area (Å²) < 4.78 is 25.2. The lowest BCUT2D eigenvalue weighted by atomic mass is 10.0. The zero-order valence-corrected chi connectivity index (χ0v) is 14.6. The molecule has 0 fully saturated rings. The first-order chi connectivity index (χ1) is 12.3. The average Bonchev–Trinajstić information content (AvgIpc) is 2.91. The van der Waals surface area contributed by atoms with Crippen molar-refractivity contribution in [3.63, 3.8) is 0 Å². The quantitative estimate of drug-likeness (QED) is 0.728. The standard InChI is InChI=1S/C18H17BFN2O4/c1-18(2,3)25-17(23)22-15-10-21-9-14(11-5-4-6-12(20)7-11)13(15)8-16(22)26-19-24/h4-10,24H,1-3H3. The molecule has 1 N–H and O–H groups in total. The molecule has 2 heterocycles. The number of pyridine rings is 1. The number of aromatic nitrogens is 2. The van der Waals surface area contributed by atoms with Gasteiger partial charge in [-0.3, -0.25) is 4.98 Å². The number of carbonyl (C=O) groups is 1. The molecule has 0 spiro atoms. The van der Waals surface area contributed by atoms with Crippen LogP contribution in [0.5, 0.6) is 5.88 Å². The summed E-state index contributed by atoms with van der Waals surface area (Å²) in [6.45, 7) is 5.23. The van der Waals surface area contributed by atoms with E-state index in [-0.39, 0.29) is 11.7 Å². The highest BCUT2D eigenvalue weighted by atomic mass is 19.1. The lowest BCUT2D eigenvalue weighted by Crippen LogP contribution is -2.27. The van der Waals surface area contributed by atoms with E-state index in [1.54, 1.807) is 45.2 Å². The second-order valence-electron chi connectivity index (χ2n) is 6.65. The molecule has 0 bridgehead atoms. The maximum Gasteiger partial charge on any atom is 0.570 e. The van der Waals surface area contributed by atoms with Crippen molar-refractivity contribution in [3.8, 4) is 17.0 Å². The second kappa shape index (κ2) is 6.80. The Balaban J connectivity index is 2.20.